The number of nitrogens with zero attached hydrogens (tertiary/aromatic N) is 2. The van der Waals surface area contributed by atoms with E-state index in [0.29, 0.717) is 13.0 Å². The number of rotatable bonds is 4. The Kier molecular flexibility index (Phi) is 3.91. The summed E-state index contributed by atoms with van der Waals surface area (Å²) in [6, 6.07) is 0. The van der Waals surface area contributed by atoms with Crippen LogP contribution in [0.2, 0.25) is 0 Å². The normalized spacial score (nSPS) is 15.9. The lowest BCUT2D eigenvalue weighted by molar-refractivity contribution is 0.0697. The van der Waals surface area contributed by atoms with Crippen molar-refractivity contribution < 1.29 is 5.11 Å². The molecule has 0 radical (unpaired) electrons. The highest BCUT2D eigenvalue weighted by Gasteiger charge is 2.21. The molecule has 1 aromatic heterocycles. The van der Waals surface area contributed by atoms with Crippen molar-refractivity contribution in [3.05, 3.63) is 5.82 Å². The molecule has 0 saturated heterocycles. The summed E-state index contributed by atoms with van der Waals surface area (Å²) in [5.74, 6) is 0.844. The Bertz CT molecular complexity index is 341. The highest BCUT2D eigenvalue weighted by Crippen LogP contribution is 2.23. The van der Waals surface area contributed by atoms with Gasteiger partial charge < -0.3 is 10.4 Å². The zero-order chi connectivity index (χ0) is 12.4. The Hall–Kier alpha value is -0.680. The van der Waals surface area contributed by atoms with Crippen LogP contribution in [0.3, 0.4) is 0 Å². The Morgan fingerprint density at radius 2 is 1.94 bits per heavy atom. The van der Waals surface area contributed by atoms with E-state index in [-0.39, 0.29) is 5.41 Å². The third-order valence-corrected chi connectivity index (χ3v) is 3.15. The minimum absolute atomic E-state index is 0.0241. The van der Waals surface area contributed by atoms with Crippen LogP contribution in [-0.4, -0.2) is 26.6 Å². The molecule has 0 aromatic carbocycles. The third kappa shape index (κ3) is 3.72. The first kappa shape index (κ1) is 13.4. The molecule has 0 aliphatic heterocycles. The van der Waals surface area contributed by atoms with Crippen molar-refractivity contribution in [1.29, 1.82) is 0 Å². The molecule has 16 heavy (non-hydrogen) atoms. The van der Waals surface area contributed by atoms with Gasteiger partial charge in [0.1, 0.15) is 5.82 Å². The lowest BCUT2D eigenvalue weighted by Crippen LogP contribution is -2.32. The van der Waals surface area contributed by atoms with Crippen LogP contribution in [0, 0.1) is 0 Å². The SMILES string of the molecule is CCC(C)(O)CNc1nc(C(C)(C)C)ns1. The molecule has 1 unspecified atom stereocenters. The highest BCUT2D eigenvalue weighted by atomic mass is 32.1. The smallest absolute Gasteiger partial charge is 0.202 e. The summed E-state index contributed by atoms with van der Waals surface area (Å²) in [7, 11) is 0. The van der Waals surface area contributed by atoms with Gasteiger partial charge in [-0.05, 0) is 13.3 Å². The molecular weight excluding hydrogens is 222 g/mol. The first-order valence-electron chi connectivity index (χ1n) is 5.55. The van der Waals surface area contributed by atoms with Crippen molar-refractivity contribution in [3.8, 4) is 0 Å². The number of hydrogen-bond donors (Lipinski definition) is 2. The van der Waals surface area contributed by atoms with E-state index in [1.807, 2.05) is 13.8 Å². The predicted molar refractivity (Wildman–Crippen MR) is 68.0 cm³/mol. The molecule has 1 rings (SSSR count). The topological polar surface area (TPSA) is 58.0 Å². The fourth-order valence-corrected chi connectivity index (χ4v) is 1.74. The fraction of sp³-hybridized carbons (Fsp3) is 0.818. The van der Waals surface area contributed by atoms with Crippen LogP contribution in [0.1, 0.15) is 46.9 Å². The zero-order valence-corrected chi connectivity index (χ0v) is 11.5. The van der Waals surface area contributed by atoms with Crippen LogP contribution in [0.5, 0.6) is 0 Å². The average molecular weight is 243 g/mol. The van der Waals surface area contributed by atoms with Crippen molar-refractivity contribution in [1.82, 2.24) is 9.36 Å². The average Bonchev–Trinajstić information content (AvgIpc) is 2.63. The molecular formula is C11H21N3OS. The monoisotopic (exact) mass is 243 g/mol. The standard InChI is InChI=1S/C11H21N3OS/c1-6-11(5,15)7-12-9-13-8(14-16-9)10(2,3)4/h15H,6-7H2,1-5H3,(H,12,13,14). The Balaban J connectivity index is 2.60. The van der Waals surface area contributed by atoms with Gasteiger partial charge in [-0.25, -0.2) is 4.98 Å². The van der Waals surface area contributed by atoms with Gasteiger partial charge in [-0.15, -0.1) is 0 Å². The fourth-order valence-electron chi connectivity index (χ4n) is 0.991. The molecule has 1 aromatic rings. The lowest BCUT2D eigenvalue weighted by atomic mass is 9.96. The summed E-state index contributed by atoms with van der Waals surface area (Å²) < 4.78 is 4.30. The molecule has 0 spiro atoms. The minimum atomic E-state index is -0.687. The summed E-state index contributed by atoms with van der Waals surface area (Å²) in [5, 5.41) is 13.7. The van der Waals surface area contributed by atoms with Crippen molar-refractivity contribution >= 4 is 16.7 Å². The molecule has 0 fully saturated rings. The summed E-state index contributed by atoms with van der Waals surface area (Å²) >= 11 is 1.34. The van der Waals surface area contributed by atoms with E-state index in [4.69, 9.17) is 0 Å². The first-order valence-corrected chi connectivity index (χ1v) is 6.32. The molecule has 0 aliphatic carbocycles. The Morgan fingerprint density at radius 1 is 1.31 bits per heavy atom. The minimum Gasteiger partial charge on any atom is -0.388 e. The van der Waals surface area contributed by atoms with Crippen LogP contribution in [0.4, 0.5) is 5.13 Å². The van der Waals surface area contributed by atoms with Crippen molar-refractivity contribution in [2.24, 2.45) is 0 Å². The summed E-state index contributed by atoms with van der Waals surface area (Å²) in [4.78, 5) is 4.40. The molecule has 0 aliphatic rings. The van der Waals surface area contributed by atoms with E-state index in [1.54, 1.807) is 0 Å². The van der Waals surface area contributed by atoms with Gasteiger partial charge in [0.2, 0.25) is 5.13 Å². The summed E-state index contributed by atoms with van der Waals surface area (Å²) in [5.41, 5.74) is -0.711. The maximum absolute atomic E-state index is 9.85. The molecule has 92 valence electrons. The highest BCUT2D eigenvalue weighted by molar-refractivity contribution is 7.09. The number of aromatic nitrogens is 2. The molecule has 0 bridgehead atoms. The van der Waals surface area contributed by atoms with Crippen LogP contribution >= 0.6 is 11.5 Å². The van der Waals surface area contributed by atoms with Gasteiger partial charge in [0.15, 0.2) is 0 Å². The van der Waals surface area contributed by atoms with Crippen molar-refractivity contribution in [3.63, 3.8) is 0 Å². The van der Waals surface area contributed by atoms with Gasteiger partial charge in [0, 0.05) is 23.5 Å². The van der Waals surface area contributed by atoms with E-state index in [0.717, 1.165) is 11.0 Å². The molecule has 2 N–H and O–H groups in total. The van der Waals surface area contributed by atoms with E-state index >= 15 is 0 Å². The second-order valence-electron chi connectivity index (χ2n) is 5.38. The molecule has 4 nitrogen and oxygen atoms in total. The largest absolute Gasteiger partial charge is 0.388 e. The predicted octanol–water partition coefficient (Wildman–Crippen LogP) is 2.41. The number of anilines is 1. The van der Waals surface area contributed by atoms with Crippen molar-refractivity contribution in [2.75, 3.05) is 11.9 Å². The molecule has 1 heterocycles. The van der Waals surface area contributed by atoms with E-state index in [1.165, 1.54) is 11.5 Å². The lowest BCUT2D eigenvalue weighted by Gasteiger charge is -2.21. The number of aliphatic hydroxyl groups is 1. The molecule has 1 atom stereocenters. The summed E-state index contributed by atoms with van der Waals surface area (Å²) in [6.45, 7) is 10.5. The maximum atomic E-state index is 9.85. The van der Waals surface area contributed by atoms with Gasteiger partial charge in [-0.1, -0.05) is 27.7 Å². The number of nitrogens with one attached hydrogen (secondary N) is 1. The van der Waals surface area contributed by atoms with Gasteiger partial charge in [0.25, 0.3) is 0 Å². The third-order valence-electron chi connectivity index (χ3n) is 2.48. The van der Waals surface area contributed by atoms with E-state index in [9.17, 15) is 5.11 Å². The van der Waals surface area contributed by atoms with E-state index in [2.05, 4.69) is 35.4 Å². The van der Waals surface area contributed by atoms with Crippen LogP contribution in [0.15, 0.2) is 0 Å². The molecule has 5 heteroatoms. The Labute approximate surface area is 101 Å². The molecule has 0 amide bonds. The van der Waals surface area contributed by atoms with Crippen molar-refractivity contribution in [2.45, 2.75) is 52.1 Å². The van der Waals surface area contributed by atoms with Gasteiger partial charge in [0.05, 0.1) is 5.60 Å². The van der Waals surface area contributed by atoms with Crippen LogP contribution in [-0.2, 0) is 5.41 Å². The summed E-state index contributed by atoms with van der Waals surface area (Å²) in [6.07, 6.45) is 0.713. The van der Waals surface area contributed by atoms with Gasteiger partial charge in [-0.2, -0.15) is 4.37 Å². The molecule has 0 saturated carbocycles. The number of hydrogen-bond acceptors (Lipinski definition) is 5. The van der Waals surface area contributed by atoms with Gasteiger partial charge >= 0.3 is 0 Å². The van der Waals surface area contributed by atoms with Crippen LogP contribution < -0.4 is 5.32 Å². The van der Waals surface area contributed by atoms with E-state index < -0.39 is 5.60 Å². The van der Waals surface area contributed by atoms with Gasteiger partial charge in [-0.3, -0.25) is 0 Å². The zero-order valence-electron chi connectivity index (χ0n) is 10.7. The quantitative estimate of drug-likeness (QED) is 0.852. The first-order chi connectivity index (χ1) is 7.24. The Morgan fingerprint density at radius 3 is 2.38 bits per heavy atom. The second kappa shape index (κ2) is 4.67. The second-order valence-corrected chi connectivity index (χ2v) is 6.13. The maximum Gasteiger partial charge on any atom is 0.202 e. The van der Waals surface area contributed by atoms with Crippen LogP contribution in [0.25, 0.3) is 0 Å².